The van der Waals surface area contributed by atoms with E-state index in [4.69, 9.17) is 5.11 Å². The lowest BCUT2D eigenvalue weighted by Gasteiger charge is -2.12. The second-order valence-electron chi connectivity index (χ2n) is 7.73. The molecule has 0 saturated heterocycles. The van der Waals surface area contributed by atoms with Gasteiger partial charge in [0.2, 0.25) is 0 Å². The summed E-state index contributed by atoms with van der Waals surface area (Å²) in [6.45, 7) is 0. The molecule has 0 saturated carbocycles. The number of hydrogen-bond donors (Lipinski definition) is 1. The van der Waals surface area contributed by atoms with E-state index < -0.39 is 39.4 Å². The molecule has 5 nitrogen and oxygen atoms in total. The van der Waals surface area contributed by atoms with Gasteiger partial charge < -0.3 is 5.11 Å². The highest BCUT2D eigenvalue weighted by Gasteiger charge is 2.31. The summed E-state index contributed by atoms with van der Waals surface area (Å²) >= 11 is 0. The summed E-state index contributed by atoms with van der Waals surface area (Å²) in [6, 6.07) is 10.4. The van der Waals surface area contributed by atoms with Crippen molar-refractivity contribution in [3.63, 3.8) is 0 Å². The molecule has 0 aliphatic heterocycles. The third kappa shape index (κ3) is 4.76. The highest BCUT2D eigenvalue weighted by atomic mass is 32.2. The molecule has 0 fully saturated rings. The van der Waals surface area contributed by atoms with Crippen molar-refractivity contribution in [1.82, 2.24) is 3.97 Å². The molecule has 0 aliphatic carbocycles. The van der Waals surface area contributed by atoms with Crippen molar-refractivity contribution in [3.05, 3.63) is 89.6 Å². The van der Waals surface area contributed by atoms with Crippen LogP contribution in [0.3, 0.4) is 0 Å². The van der Waals surface area contributed by atoms with E-state index in [0.717, 1.165) is 28.2 Å². The maximum absolute atomic E-state index is 14.5. The monoisotopic (exact) mass is 509 g/mol. The molecule has 0 aliphatic rings. The molecule has 0 amide bonds. The molecule has 0 radical (unpaired) electrons. The van der Waals surface area contributed by atoms with Gasteiger partial charge >= 0.3 is 12.1 Å². The van der Waals surface area contributed by atoms with Crippen LogP contribution in [-0.2, 0) is 27.4 Å². The van der Waals surface area contributed by atoms with Crippen molar-refractivity contribution >= 4 is 26.9 Å². The Morgan fingerprint density at radius 2 is 1.71 bits per heavy atom. The lowest BCUT2D eigenvalue weighted by molar-refractivity contribution is -0.138. The average molecular weight is 509 g/mol. The first-order valence-corrected chi connectivity index (χ1v) is 11.6. The van der Waals surface area contributed by atoms with Crippen molar-refractivity contribution in [2.24, 2.45) is 0 Å². The topological polar surface area (TPSA) is 76.4 Å². The molecule has 0 atom stereocenters. The molecule has 35 heavy (non-hydrogen) atoms. The first-order chi connectivity index (χ1) is 16.4. The number of hydrogen-bond acceptors (Lipinski definition) is 3. The number of aryl methyl sites for hydroxylation is 1. The Balaban J connectivity index is 1.81. The number of aliphatic carboxylic acids is 1. The summed E-state index contributed by atoms with van der Waals surface area (Å²) in [5.41, 5.74) is -0.960. The minimum Gasteiger partial charge on any atom is -0.481 e. The lowest BCUT2D eigenvalue weighted by Crippen LogP contribution is -2.12. The fourth-order valence-electron chi connectivity index (χ4n) is 3.74. The van der Waals surface area contributed by atoms with Gasteiger partial charge in [0.05, 0.1) is 16.0 Å². The van der Waals surface area contributed by atoms with E-state index in [-0.39, 0.29) is 39.8 Å². The Kier molecular flexibility index (Phi) is 6.14. The number of rotatable bonds is 6. The summed E-state index contributed by atoms with van der Waals surface area (Å²) in [5.74, 6) is -2.92. The van der Waals surface area contributed by atoms with Crippen LogP contribution in [-0.4, -0.2) is 23.5 Å². The number of carboxylic acids is 1. The number of carboxylic acid groups (broad SMARTS) is 1. The Morgan fingerprint density at radius 1 is 0.971 bits per heavy atom. The molecule has 1 heterocycles. The minimum atomic E-state index is -4.74. The maximum atomic E-state index is 14.5. The maximum Gasteiger partial charge on any atom is 0.416 e. The van der Waals surface area contributed by atoms with Crippen LogP contribution >= 0.6 is 0 Å². The predicted octanol–water partition coefficient (Wildman–Crippen LogP) is 5.86. The van der Waals surface area contributed by atoms with E-state index in [1.807, 2.05) is 0 Å². The van der Waals surface area contributed by atoms with Crippen LogP contribution in [0.25, 0.3) is 22.0 Å². The Bertz CT molecular complexity index is 1560. The van der Waals surface area contributed by atoms with E-state index in [0.29, 0.717) is 17.7 Å². The second kappa shape index (κ2) is 8.81. The molecule has 3 aromatic carbocycles. The molecule has 11 heteroatoms. The summed E-state index contributed by atoms with van der Waals surface area (Å²) in [6.07, 6.45) is -3.89. The Labute approximate surface area is 196 Å². The number of alkyl halides is 3. The van der Waals surface area contributed by atoms with Gasteiger partial charge in [-0.1, -0.05) is 18.2 Å². The Hall–Kier alpha value is -3.73. The number of carbonyl (C=O) groups is 1. The first kappa shape index (κ1) is 24.4. The van der Waals surface area contributed by atoms with E-state index in [9.17, 15) is 35.2 Å². The van der Waals surface area contributed by atoms with Crippen molar-refractivity contribution in [2.75, 3.05) is 0 Å². The molecule has 0 bridgehead atoms. The van der Waals surface area contributed by atoms with Gasteiger partial charge in [0.25, 0.3) is 10.0 Å². The predicted molar refractivity (Wildman–Crippen MR) is 117 cm³/mol. The molecule has 4 aromatic rings. The van der Waals surface area contributed by atoms with Crippen molar-refractivity contribution < 1.29 is 40.3 Å². The minimum absolute atomic E-state index is 0.0332. The average Bonchev–Trinajstić information content (AvgIpc) is 3.15. The molecule has 1 aromatic heterocycles. The van der Waals surface area contributed by atoms with E-state index in [2.05, 4.69) is 0 Å². The molecule has 182 valence electrons. The number of benzene rings is 3. The number of aromatic nitrogens is 1. The molecule has 4 rings (SSSR count). The zero-order chi connectivity index (χ0) is 25.5. The smallest absolute Gasteiger partial charge is 0.416 e. The van der Waals surface area contributed by atoms with Crippen molar-refractivity contribution in [1.29, 1.82) is 0 Å². The number of halogens is 5. The SMILES string of the molecule is O=C(O)CCc1cn(S(=O)(=O)c2cccc(-c3ccc(C(F)(F)F)cc3F)c2)c2ccc(F)cc12. The van der Waals surface area contributed by atoms with Gasteiger partial charge in [-0.05, 0) is 60.0 Å². The quantitative estimate of drug-likeness (QED) is 0.331. The van der Waals surface area contributed by atoms with Crippen LogP contribution < -0.4 is 0 Å². The molecular formula is C24H16F5NO4S. The highest BCUT2D eigenvalue weighted by Crippen LogP contribution is 2.34. The van der Waals surface area contributed by atoms with Crippen LogP contribution in [0.2, 0.25) is 0 Å². The summed E-state index contributed by atoms with van der Waals surface area (Å²) in [7, 11) is -4.33. The third-order valence-electron chi connectivity index (χ3n) is 5.42. The molecule has 0 unspecified atom stereocenters. The molecule has 0 spiro atoms. The van der Waals surface area contributed by atoms with Gasteiger partial charge in [0.1, 0.15) is 11.6 Å². The van der Waals surface area contributed by atoms with Crippen LogP contribution in [0.5, 0.6) is 0 Å². The highest BCUT2D eigenvalue weighted by molar-refractivity contribution is 7.90. The second-order valence-corrected chi connectivity index (χ2v) is 9.55. The van der Waals surface area contributed by atoms with Gasteiger partial charge in [-0.2, -0.15) is 13.2 Å². The van der Waals surface area contributed by atoms with Crippen LogP contribution in [0.15, 0.2) is 71.8 Å². The third-order valence-corrected chi connectivity index (χ3v) is 7.09. The number of nitrogens with zero attached hydrogens (tertiary/aromatic N) is 1. The van der Waals surface area contributed by atoms with Gasteiger partial charge in [-0.3, -0.25) is 4.79 Å². The van der Waals surface area contributed by atoms with Gasteiger partial charge in [0, 0.05) is 23.6 Å². The molecule has 1 N–H and O–H groups in total. The van der Waals surface area contributed by atoms with E-state index in [1.165, 1.54) is 30.5 Å². The van der Waals surface area contributed by atoms with Gasteiger partial charge in [0.15, 0.2) is 0 Å². The van der Waals surface area contributed by atoms with Crippen LogP contribution in [0, 0.1) is 11.6 Å². The van der Waals surface area contributed by atoms with Gasteiger partial charge in [-0.25, -0.2) is 21.2 Å². The Morgan fingerprint density at radius 3 is 2.37 bits per heavy atom. The molecular weight excluding hydrogens is 493 g/mol. The zero-order valence-corrected chi connectivity index (χ0v) is 18.5. The fraction of sp³-hybridized carbons (Fsp3) is 0.125. The standard InChI is InChI=1S/C24H16F5NO4S/c25-17-6-8-22-20(12-17)15(4-9-23(31)32)13-30(22)35(33,34)18-3-1-2-14(10-18)19-7-5-16(11-21(19)26)24(27,28)29/h1-3,5-8,10-13H,4,9H2,(H,31,32). The fourth-order valence-corrected chi connectivity index (χ4v) is 5.18. The summed E-state index contributed by atoms with van der Waals surface area (Å²) < 4.78 is 94.7. The van der Waals surface area contributed by atoms with Crippen LogP contribution in [0.1, 0.15) is 17.5 Å². The van der Waals surface area contributed by atoms with Crippen molar-refractivity contribution in [2.45, 2.75) is 23.9 Å². The summed E-state index contributed by atoms with van der Waals surface area (Å²) in [4.78, 5) is 10.7. The lowest BCUT2D eigenvalue weighted by atomic mass is 10.0. The largest absolute Gasteiger partial charge is 0.481 e. The normalized spacial score (nSPS) is 12.3. The van der Waals surface area contributed by atoms with Crippen LogP contribution in [0.4, 0.5) is 22.0 Å². The van der Waals surface area contributed by atoms with E-state index >= 15 is 0 Å². The van der Waals surface area contributed by atoms with Crippen molar-refractivity contribution in [3.8, 4) is 11.1 Å². The van der Waals surface area contributed by atoms with Gasteiger partial charge in [-0.15, -0.1) is 0 Å². The zero-order valence-electron chi connectivity index (χ0n) is 17.7. The first-order valence-electron chi connectivity index (χ1n) is 10.1. The number of fused-ring (bicyclic) bond motifs is 1. The summed E-state index contributed by atoms with van der Waals surface area (Å²) in [5, 5.41) is 9.20. The van der Waals surface area contributed by atoms with E-state index in [1.54, 1.807) is 0 Å².